The monoisotopic (exact) mass is 498 g/mol. The number of rotatable bonds is 5. The summed E-state index contributed by atoms with van der Waals surface area (Å²) in [7, 11) is 0. The van der Waals surface area contributed by atoms with Crippen molar-refractivity contribution in [2.75, 3.05) is 19.6 Å². The summed E-state index contributed by atoms with van der Waals surface area (Å²) in [6, 6.07) is 15.1. The third kappa shape index (κ3) is 4.44. The van der Waals surface area contributed by atoms with E-state index in [2.05, 4.69) is 15.9 Å². The van der Waals surface area contributed by atoms with E-state index in [1.54, 1.807) is 23.1 Å². The van der Waals surface area contributed by atoms with E-state index in [1.165, 1.54) is 6.92 Å². The second-order valence-corrected chi connectivity index (χ2v) is 9.72. The Morgan fingerprint density at radius 1 is 1.12 bits per heavy atom. The predicted molar refractivity (Wildman–Crippen MR) is 124 cm³/mol. The Morgan fingerprint density at radius 3 is 2.53 bits per heavy atom. The fraction of sp³-hybridized carbons (Fsp3) is 0.400. The second kappa shape index (κ2) is 9.06. The van der Waals surface area contributed by atoms with Crippen molar-refractivity contribution in [2.24, 2.45) is 5.92 Å². The van der Waals surface area contributed by atoms with Gasteiger partial charge in [-0.3, -0.25) is 14.4 Å². The first-order valence-corrected chi connectivity index (χ1v) is 11.7. The number of benzene rings is 2. The minimum atomic E-state index is -0.471. The lowest BCUT2D eigenvalue weighted by Gasteiger charge is -2.53. The SMILES string of the molecule is CC(=O)Oc1ccc(Br)cc1C(=O)N1CC2(CCCN2C(=O)C(C)Cc2ccccc2)C1. The van der Waals surface area contributed by atoms with E-state index < -0.39 is 5.97 Å². The molecular formula is C25H27BrN2O4. The molecule has 0 saturated carbocycles. The number of carbonyl (C=O) groups excluding carboxylic acids is 3. The fourth-order valence-electron chi connectivity index (χ4n) is 4.82. The Morgan fingerprint density at radius 2 is 1.84 bits per heavy atom. The summed E-state index contributed by atoms with van der Waals surface area (Å²) >= 11 is 3.39. The largest absolute Gasteiger partial charge is 0.426 e. The van der Waals surface area contributed by atoms with Crippen molar-refractivity contribution in [1.29, 1.82) is 0 Å². The Kier molecular flexibility index (Phi) is 6.38. The molecule has 2 aliphatic heterocycles. The number of halogens is 1. The Balaban J connectivity index is 1.45. The van der Waals surface area contributed by atoms with Crippen LogP contribution in [0.4, 0.5) is 0 Å². The van der Waals surface area contributed by atoms with Gasteiger partial charge in [0, 0.05) is 36.9 Å². The van der Waals surface area contributed by atoms with E-state index in [4.69, 9.17) is 4.74 Å². The normalized spacial score (nSPS) is 17.7. The molecule has 0 aromatic heterocycles. The van der Waals surface area contributed by atoms with Gasteiger partial charge in [0.05, 0.1) is 11.1 Å². The molecule has 1 atom stereocenters. The van der Waals surface area contributed by atoms with E-state index >= 15 is 0 Å². The molecule has 2 amide bonds. The van der Waals surface area contributed by atoms with Crippen LogP contribution in [0, 0.1) is 5.92 Å². The maximum atomic E-state index is 13.3. The topological polar surface area (TPSA) is 66.9 Å². The van der Waals surface area contributed by atoms with E-state index in [1.807, 2.05) is 42.2 Å². The Bertz CT molecular complexity index is 1030. The maximum absolute atomic E-state index is 13.3. The number of likely N-dealkylation sites (tertiary alicyclic amines) is 2. The third-order valence-electron chi connectivity index (χ3n) is 6.35. The Hall–Kier alpha value is -2.67. The molecule has 2 fully saturated rings. The van der Waals surface area contributed by atoms with Gasteiger partial charge in [0.1, 0.15) is 5.75 Å². The van der Waals surface area contributed by atoms with Gasteiger partial charge in [-0.25, -0.2) is 0 Å². The van der Waals surface area contributed by atoms with Crippen molar-refractivity contribution in [1.82, 2.24) is 9.80 Å². The molecule has 2 aromatic carbocycles. The average Bonchev–Trinajstić information content (AvgIpc) is 3.18. The Labute approximate surface area is 196 Å². The first-order chi connectivity index (χ1) is 15.3. The van der Waals surface area contributed by atoms with E-state index in [9.17, 15) is 14.4 Å². The van der Waals surface area contributed by atoms with E-state index in [0.29, 0.717) is 25.1 Å². The highest BCUT2D eigenvalue weighted by atomic mass is 79.9. The van der Waals surface area contributed by atoms with Crippen molar-refractivity contribution in [3.63, 3.8) is 0 Å². The minimum Gasteiger partial charge on any atom is -0.426 e. The molecule has 6 nitrogen and oxygen atoms in total. The fourth-order valence-corrected chi connectivity index (χ4v) is 5.18. The van der Waals surface area contributed by atoms with Crippen LogP contribution in [0.25, 0.3) is 0 Å². The van der Waals surface area contributed by atoms with Crippen LogP contribution in [0.2, 0.25) is 0 Å². The minimum absolute atomic E-state index is 0.113. The average molecular weight is 499 g/mol. The number of amides is 2. The van der Waals surface area contributed by atoms with Gasteiger partial charge in [-0.1, -0.05) is 53.2 Å². The molecule has 7 heteroatoms. The zero-order valence-electron chi connectivity index (χ0n) is 18.3. The van der Waals surface area contributed by atoms with E-state index in [-0.39, 0.29) is 29.0 Å². The summed E-state index contributed by atoms with van der Waals surface area (Å²) in [5.74, 6) is -0.368. The lowest BCUT2D eigenvalue weighted by molar-refractivity contribution is -0.144. The molecule has 0 aliphatic carbocycles. The number of hydrogen-bond donors (Lipinski definition) is 0. The molecule has 0 bridgehead atoms. The second-order valence-electron chi connectivity index (χ2n) is 8.80. The van der Waals surface area contributed by atoms with Gasteiger partial charge < -0.3 is 14.5 Å². The summed E-state index contributed by atoms with van der Waals surface area (Å²) in [5, 5.41) is 0. The van der Waals surface area contributed by atoms with Crippen LogP contribution in [0.5, 0.6) is 5.75 Å². The molecule has 2 saturated heterocycles. The first-order valence-electron chi connectivity index (χ1n) is 10.9. The van der Waals surface area contributed by atoms with Gasteiger partial charge in [0.2, 0.25) is 5.91 Å². The zero-order valence-corrected chi connectivity index (χ0v) is 19.9. The third-order valence-corrected chi connectivity index (χ3v) is 6.85. The van der Waals surface area contributed by atoms with Gasteiger partial charge in [0.15, 0.2) is 0 Å². The summed E-state index contributed by atoms with van der Waals surface area (Å²) in [6.07, 6.45) is 2.55. The predicted octanol–water partition coefficient (Wildman–Crippen LogP) is 4.07. The lowest BCUT2D eigenvalue weighted by atomic mass is 9.85. The van der Waals surface area contributed by atoms with Crippen LogP contribution in [0.3, 0.4) is 0 Å². The highest BCUT2D eigenvalue weighted by Crippen LogP contribution is 2.40. The van der Waals surface area contributed by atoms with Crippen molar-refractivity contribution >= 4 is 33.7 Å². The van der Waals surface area contributed by atoms with Crippen molar-refractivity contribution in [3.8, 4) is 5.75 Å². The van der Waals surface area contributed by atoms with Gasteiger partial charge in [0.25, 0.3) is 5.91 Å². The molecule has 0 N–H and O–H groups in total. The van der Waals surface area contributed by atoms with Crippen molar-refractivity contribution < 1.29 is 19.1 Å². The summed E-state index contributed by atoms with van der Waals surface area (Å²) < 4.78 is 5.97. The molecule has 4 rings (SSSR count). The van der Waals surface area contributed by atoms with Crippen LogP contribution in [0.15, 0.2) is 53.0 Å². The van der Waals surface area contributed by atoms with Gasteiger partial charge in [-0.2, -0.15) is 0 Å². The summed E-state index contributed by atoms with van der Waals surface area (Å²) in [5.41, 5.74) is 1.21. The quantitative estimate of drug-likeness (QED) is 0.460. The van der Waals surface area contributed by atoms with Crippen LogP contribution in [-0.4, -0.2) is 52.8 Å². The molecule has 1 spiro atoms. The molecule has 168 valence electrons. The number of carbonyl (C=O) groups is 3. The van der Waals surface area contributed by atoms with Gasteiger partial charge >= 0.3 is 5.97 Å². The maximum Gasteiger partial charge on any atom is 0.308 e. The highest BCUT2D eigenvalue weighted by Gasteiger charge is 2.54. The van der Waals surface area contributed by atoms with Crippen LogP contribution < -0.4 is 4.74 Å². The van der Waals surface area contributed by atoms with E-state index in [0.717, 1.165) is 29.4 Å². The first kappa shape index (κ1) is 22.5. The van der Waals surface area contributed by atoms with Gasteiger partial charge in [-0.15, -0.1) is 0 Å². The molecule has 1 unspecified atom stereocenters. The van der Waals surface area contributed by atoms with Crippen LogP contribution in [0.1, 0.15) is 42.6 Å². The van der Waals surface area contributed by atoms with Gasteiger partial charge in [-0.05, 0) is 43.0 Å². The smallest absolute Gasteiger partial charge is 0.308 e. The standard InChI is InChI=1S/C25H27BrN2O4/c1-17(13-19-7-4-3-5-8-19)23(30)28-12-6-11-25(28)15-27(16-25)24(31)21-14-20(26)9-10-22(21)32-18(2)29/h3-5,7-10,14,17H,6,11-13,15-16H2,1-2H3. The van der Waals surface area contributed by atoms with Crippen molar-refractivity contribution in [3.05, 3.63) is 64.1 Å². The number of ether oxygens (including phenoxy) is 1. The zero-order chi connectivity index (χ0) is 22.9. The highest BCUT2D eigenvalue weighted by molar-refractivity contribution is 9.10. The number of esters is 1. The number of hydrogen-bond acceptors (Lipinski definition) is 4. The molecular weight excluding hydrogens is 472 g/mol. The summed E-state index contributed by atoms with van der Waals surface area (Å²) in [6.45, 7) is 5.03. The molecule has 2 heterocycles. The molecule has 0 radical (unpaired) electrons. The molecule has 32 heavy (non-hydrogen) atoms. The van der Waals surface area contributed by atoms with Crippen LogP contribution in [-0.2, 0) is 16.0 Å². The van der Waals surface area contributed by atoms with Crippen LogP contribution >= 0.6 is 15.9 Å². The number of nitrogens with zero attached hydrogens (tertiary/aromatic N) is 2. The molecule has 2 aromatic rings. The van der Waals surface area contributed by atoms with Crippen molar-refractivity contribution in [2.45, 2.75) is 38.6 Å². The molecule has 2 aliphatic rings. The lowest BCUT2D eigenvalue weighted by Crippen LogP contribution is -2.70. The summed E-state index contributed by atoms with van der Waals surface area (Å²) in [4.78, 5) is 41.6.